The number of carbonyl (C=O) groups is 1. The maximum atomic E-state index is 11.2. The third-order valence-corrected chi connectivity index (χ3v) is 2.64. The molecule has 0 unspecified atom stereocenters. The van der Waals surface area contributed by atoms with E-state index in [-0.39, 0.29) is 11.5 Å². The summed E-state index contributed by atoms with van der Waals surface area (Å²) in [7, 11) is 0. The molecule has 1 amide bonds. The van der Waals surface area contributed by atoms with E-state index in [1.807, 2.05) is 18.2 Å². The van der Waals surface area contributed by atoms with Gasteiger partial charge in [0, 0.05) is 17.3 Å². The quantitative estimate of drug-likeness (QED) is 0.659. The van der Waals surface area contributed by atoms with Gasteiger partial charge in [0.2, 0.25) is 5.91 Å². The Bertz CT molecular complexity index is 624. The van der Waals surface area contributed by atoms with Gasteiger partial charge in [-0.15, -0.1) is 0 Å². The Labute approximate surface area is 90.5 Å². The number of H-pyrrole nitrogens is 2. The van der Waals surface area contributed by atoms with Crippen molar-refractivity contribution in [2.45, 2.75) is 6.42 Å². The summed E-state index contributed by atoms with van der Waals surface area (Å²) in [4.78, 5) is 22.2. The first-order valence-electron chi connectivity index (χ1n) is 4.93. The van der Waals surface area contributed by atoms with Crippen LogP contribution in [0.15, 0.2) is 29.1 Å². The van der Waals surface area contributed by atoms with Crippen LogP contribution in [0.2, 0.25) is 0 Å². The van der Waals surface area contributed by atoms with Crippen molar-refractivity contribution in [3.63, 3.8) is 0 Å². The van der Waals surface area contributed by atoms with Crippen LogP contribution in [0.5, 0.6) is 0 Å². The van der Waals surface area contributed by atoms with E-state index >= 15 is 0 Å². The highest BCUT2D eigenvalue weighted by Gasteiger charge is 2.17. The van der Waals surface area contributed by atoms with Crippen molar-refractivity contribution >= 4 is 11.6 Å². The van der Waals surface area contributed by atoms with E-state index in [9.17, 15) is 9.59 Å². The van der Waals surface area contributed by atoms with Crippen molar-refractivity contribution < 1.29 is 4.79 Å². The minimum atomic E-state index is -0.162. The highest BCUT2D eigenvalue weighted by Crippen LogP contribution is 2.27. The molecule has 0 atom stereocenters. The van der Waals surface area contributed by atoms with E-state index in [1.165, 1.54) is 6.07 Å². The van der Waals surface area contributed by atoms with Crippen LogP contribution in [0.1, 0.15) is 5.56 Å². The van der Waals surface area contributed by atoms with Gasteiger partial charge in [-0.05, 0) is 17.7 Å². The van der Waals surface area contributed by atoms with Gasteiger partial charge in [-0.1, -0.05) is 6.07 Å². The lowest BCUT2D eigenvalue weighted by atomic mass is 10.1. The number of anilines is 1. The lowest BCUT2D eigenvalue weighted by Gasteiger charge is -2.01. The first-order chi connectivity index (χ1) is 7.72. The van der Waals surface area contributed by atoms with Gasteiger partial charge in [0.15, 0.2) is 0 Å². The highest BCUT2D eigenvalue weighted by molar-refractivity contribution is 5.99. The molecule has 1 aliphatic heterocycles. The molecule has 0 saturated heterocycles. The smallest absolute Gasteiger partial charge is 0.264 e. The molecule has 0 bridgehead atoms. The Balaban J connectivity index is 2.08. The molecule has 80 valence electrons. The van der Waals surface area contributed by atoms with Crippen molar-refractivity contribution in [1.82, 2.24) is 10.2 Å². The Morgan fingerprint density at radius 3 is 2.69 bits per heavy atom. The number of rotatable bonds is 1. The second-order valence-electron chi connectivity index (χ2n) is 3.77. The van der Waals surface area contributed by atoms with Crippen molar-refractivity contribution in [3.05, 3.63) is 40.2 Å². The second kappa shape index (κ2) is 3.10. The molecular formula is C11H9N3O2. The van der Waals surface area contributed by atoms with Gasteiger partial charge in [-0.3, -0.25) is 19.8 Å². The predicted octanol–water partition coefficient (Wildman–Crippen LogP) is 0.865. The summed E-state index contributed by atoms with van der Waals surface area (Å²) in [6.07, 6.45) is 0.401. The van der Waals surface area contributed by atoms with E-state index in [4.69, 9.17) is 0 Å². The zero-order valence-corrected chi connectivity index (χ0v) is 8.33. The van der Waals surface area contributed by atoms with Crippen molar-refractivity contribution in [1.29, 1.82) is 0 Å². The SMILES string of the molecule is O=C1Cc2cc(-c3cc(=O)[nH][nH]3)ccc2N1. The normalized spacial score (nSPS) is 13.6. The standard InChI is InChI=1S/C11H9N3O2/c15-10-4-7-3-6(1-2-8(7)12-10)9-5-11(16)14-13-9/h1-3,5H,4H2,(H,12,15)(H2,13,14,16). The number of amides is 1. The molecule has 0 fully saturated rings. The van der Waals surface area contributed by atoms with E-state index < -0.39 is 0 Å². The summed E-state index contributed by atoms with van der Waals surface area (Å²) in [6.45, 7) is 0. The molecule has 1 aromatic heterocycles. The van der Waals surface area contributed by atoms with Gasteiger partial charge in [-0.25, -0.2) is 0 Å². The van der Waals surface area contributed by atoms with Gasteiger partial charge in [0.1, 0.15) is 0 Å². The number of aromatic nitrogens is 2. The maximum Gasteiger partial charge on any atom is 0.264 e. The fraction of sp³-hybridized carbons (Fsp3) is 0.0909. The first-order valence-corrected chi connectivity index (χ1v) is 4.93. The summed E-state index contributed by atoms with van der Waals surface area (Å²) < 4.78 is 0. The number of hydrogen-bond donors (Lipinski definition) is 3. The predicted molar refractivity (Wildman–Crippen MR) is 59.2 cm³/mol. The Kier molecular flexibility index (Phi) is 1.73. The Hall–Kier alpha value is -2.30. The molecule has 16 heavy (non-hydrogen) atoms. The zero-order chi connectivity index (χ0) is 11.1. The third-order valence-electron chi connectivity index (χ3n) is 2.64. The average molecular weight is 215 g/mol. The topological polar surface area (TPSA) is 77.8 Å². The minimum absolute atomic E-state index is 0.00899. The minimum Gasteiger partial charge on any atom is -0.326 e. The summed E-state index contributed by atoms with van der Waals surface area (Å²) in [5.41, 5.74) is 3.28. The highest BCUT2D eigenvalue weighted by atomic mass is 16.1. The van der Waals surface area contributed by atoms with Crippen LogP contribution in [0.25, 0.3) is 11.3 Å². The summed E-state index contributed by atoms with van der Waals surface area (Å²) in [5.74, 6) is 0.00899. The van der Waals surface area contributed by atoms with E-state index in [0.29, 0.717) is 6.42 Å². The molecular weight excluding hydrogens is 206 g/mol. The van der Waals surface area contributed by atoms with Gasteiger partial charge in [0.05, 0.1) is 12.1 Å². The number of benzene rings is 1. The van der Waals surface area contributed by atoms with Crippen LogP contribution in [-0.4, -0.2) is 16.1 Å². The number of aromatic amines is 2. The molecule has 5 heteroatoms. The molecule has 3 rings (SSSR count). The van der Waals surface area contributed by atoms with E-state index in [2.05, 4.69) is 15.5 Å². The van der Waals surface area contributed by atoms with Crippen molar-refractivity contribution in [2.24, 2.45) is 0 Å². The molecule has 2 heterocycles. The van der Waals surface area contributed by atoms with Gasteiger partial charge in [0.25, 0.3) is 5.56 Å². The van der Waals surface area contributed by atoms with E-state index in [0.717, 1.165) is 22.5 Å². The lowest BCUT2D eigenvalue weighted by Crippen LogP contribution is -2.03. The third kappa shape index (κ3) is 1.33. The fourth-order valence-corrected chi connectivity index (χ4v) is 1.88. The molecule has 5 nitrogen and oxygen atoms in total. The molecule has 1 aromatic carbocycles. The summed E-state index contributed by atoms with van der Waals surface area (Å²) in [6, 6.07) is 7.11. The van der Waals surface area contributed by atoms with Crippen molar-refractivity contribution in [2.75, 3.05) is 5.32 Å². The average Bonchev–Trinajstić information content (AvgIpc) is 2.81. The van der Waals surface area contributed by atoms with E-state index in [1.54, 1.807) is 0 Å². The second-order valence-corrected chi connectivity index (χ2v) is 3.77. The molecule has 0 radical (unpaired) electrons. The Morgan fingerprint density at radius 1 is 1.06 bits per heavy atom. The van der Waals surface area contributed by atoms with Crippen LogP contribution in [0.4, 0.5) is 5.69 Å². The Morgan fingerprint density at radius 2 is 1.94 bits per heavy atom. The molecule has 0 spiro atoms. The number of fused-ring (bicyclic) bond motifs is 1. The monoisotopic (exact) mass is 215 g/mol. The largest absolute Gasteiger partial charge is 0.326 e. The van der Waals surface area contributed by atoms with Crippen LogP contribution in [0.3, 0.4) is 0 Å². The van der Waals surface area contributed by atoms with Crippen LogP contribution >= 0.6 is 0 Å². The molecule has 0 saturated carbocycles. The molecule has 3 N–H and O–H groups in total. The zero-order valence-electron chi connectivity index (χ0n) is 8.33. The molecule has 2 aromatic rings. The molecule has 0 aliphatic carbocycles. The van der Waals surface area contributed by atoms with Crippen LogP contribution < -0.4 is 10.9 Å². The maximum absolute atomic E-state index is 11.2. The first kappa shape index (κ1) is 8.96. The van der Waals surface area contributed by atoms with Crippen LogP contribution in [0, 0.1) is 0 Å². The fourth-order valence-electron chi connectivity index (χ4n) is 1.88. The van der Waals surface area contributed by atoms with Gasteiger partial charge < -0.3 is 5.32 Å². The number of hydrogen-bond acceptors (Lipinski definition) is 2. The number of nitrogens with one attached hydrogen (secondary N) is 3. The number of carbonyl (C=O) groups excluding carboxylic acids is 1. The van der Waals surface area contributed by atoms with Crippen LogP contribution in [-0.2, 0) is 11.2 Å². The van der Waals surface area contributed by atoms with Gasteiger partial charge >= 0.3 is 0 Å². The lowest BCUT2D eigenvalue weighted by molar-refractivity contribution is -0.115. The molecule has 1 aliphatic rings. The summed E-state index contributed by atoms with van der Waals surface area (Å²) in [5, 5.41) is 8.02. The van der Waals surface area contributed by atoms with Gasteiger partial charge in [-0.2, -0.15) is 0 Å². The van der Waals surface area contributed by atoms with Crippen molar-refractivity contribution in [3.8, 4) is 11.3 Å². The summed E-state index contributed by atoms with van der Waals surface area (Å²) >= 11 is 0.